The molecule has 30 heavy (non-hydrogen) atoms. The fraction of sp³-hybridized carbons (Fsp3) is 0.174. The molecular weight excluding hydrogens is 395 g/mol. The molecule has 1 N–H and O–H groups in total. The molecule has 0 aliphatic heterocycles. The minimum Gasteiger partial charge on any atom is -0.496 e. The third-order valence-corrected chi connectivity index (χ3v) is 4.38. The van der Waals surface area contributed by atoms with E-state index < -0.39 is 17.6 Å². The summed E-state index contributed by atoms with van der Waals surface area (Å²) in [6, 6.07) is 18.8. The number of ether oxygens (including phenoxy) is 2. The summed E-state index contributed by atoms with van der Waals surface area (Å²) in [6.07, 6.45) is -4.42. The highest BCUT2D eigenvalue weighted by molar-refractivity contribution is 6.04. The quantitative estimate of drug-likeness (QED) is 0.540. The molecule has 3 aromatic rings. The second-order valence-corrected chi connectivity index (χ2v) is 6.53. The Balaban J connectivity index is 1.67. The Kier molecular flexibility index (Phi) is 6.74. The second kappa shape index (κ2) is 9.45. The van der Waals surface area contributed by atoms with Gasteiger partial charge in [-0.3, -0.25) is 4.79 Å². The van der Waals surface area contributed by atoms with Crippen molar-refractivity contribution in [2.24, 2.45) is 0 Å². The Morgan fingerprint density at radius 2 is 1.63 bits per heavy atom. The zero-order valence-corrected chi connectivity index (χ0v) is 16.2. The summed E-state index contributed by atoms with van der Waals surface area (Å²) < 4.78 is 49.0. The van der Waals surface area contributed by atoms with Crippen LogP contribution in [-0.4, -0.2) is 13.0 Å². The smallest absolute Gasteiger partial charge is 0.416 e. The van der Waals surface area contributed by atoms with E-state index >= 15 is 0 Å². The van der Waals surface area contributed by atoms with Crippen LogP contribution in [0, 0.1) is 0 Å². The Bertz CT molecular complexity index is 987. The number of methoxy groups -OCH3 is 1. The zero-order chi connectivity index (χ0) is 21.6. The van der Waals surface area contributed by atoms with Crippen LogP contribution in [0.15, 0.2) is 72.8 Å². The molecule has 0 aliphatic carbocycles. The number of halogens is 3. The van der Waals surface area contributed by atoms with Crippen molar-refractivity contribution >= 4 is 11.6 Å². The van der Waals surface area contributed by atoms with E-state index in [1.807, 2.05) is 30.3 Å². The lowest BCUT2D eigenvalue weighted by Crippen LogP contribution is -2.13. The van der Waals surface area contributed by atoms with Crippen molar-refractivity contribution in [1.29, 1.82) is 0 Å². The Hall–Kier alpha value is -3.32. The van der Waals surface area contributed by atoms with Crippen LogP contribution in [0.3, 0.4) is 0 Å². The topological polar surface area (TPSA) is 47.6 Å². The van der Waals surface area contributed by atoms with Crippen molar-refractivity contribution < 1.29 is 27.4 Å². The van der Waals surface area contributed by atoms with E-state index in [0.29, 0.717) is 23.5 Å². The van der Waals surface area contributed by atoms with Gasteiger partial charge >= 0.3 is 6.18 Å². The second-order valence-electron chi connectivity index (χ2n) is 6.53. The number of nitrogens with one attached hydrogen (secondary N) is 1. The Labute approximate surface area is 172 Å². The van der Waals surface area contributed by atoms with Crippen LogP contribution in [0.25, 0.3) is 0 Å². The molecule has 7 heteroatoms. The molecule has 0 bridgehead atoms. The highest BCUT2D eigenvalue weighted by Crippen LogP contribution is 2.30. The van der Waals surface area contributed by atoms with Gasteiger partial charge in [0.15, 0.2) is 0 Å². The first-order chi connectivity index (χ1) is 14.4. The van der Waals surface area contributed by atoms with E-state index in [4.69, 9.17) is 9.47 Å². The van der Waals surface area contributed by atoms with Gasteiger partial charge in [-0.05, 0) is 48.0 Å². The summed E-state index contributed by atoms with van der Waals surface area (Å²) in [6.45, 7) is 0.644. The van der Waals surface area contributed by atoms with Gasteiger partial charge in [0.2, 0.25) is 0 Å². The number of hydrogen-bond acceptors (Lipinski definition) is 3. The summed E-state index contributed by atoms with van der Waals surface area (Å²) in [5.74, 6) is 0.135. The first kappa shape index (κ1) is 21.4. The van der Waals surface area contributed by atoms with Crippen LogP contribution in [0.5, 0.6) is 5.75 Å². The van der Waals surface area contributed by atoms with Crippen LogP contribution in [0.2, 0.25) is 0 Å². The normalized spacial score (nSPS) is 11.2. The average Bonchev–Trinajstić information content (AvgIpc) is 2.74. The molecule has 0 aromatic heterocycles. The number of anilines is 1. The summed E-state index contributed by atoms with van der Waals surface area (Å²) in [5.41, 5.74) is 1.55. The molecule has 0 heterocycles. The van der Waals surface area contributed by atoms with Crippen LogP contribution < -0.4 is 10.1 Å². The summed E-state index contributed by atoms with van der Waals surface area (Å²) >= 11 is 0. The third-order valence-electron chi connectivity index (χ3n) is 4.38. The first-order valence-electron chi connectivity index (χ1n) is 9.14. The lowest BCUT2D eigenvalue weighted by molar-refractivity contribution is -0.137. The number of alkyl halides is 3. The van der Waals surface area contributed by atoms with Gasteiger partial charge < -0.3 is 14.8 Å². The van der Waals surface area contributed by atoms with Crippen molar-refractivity contribution in [3.63, 3.8) is 0 Å². The van der Waals surface area contributed by atoms with E-state index in [0.717, 1.165) is 17.7 Å². The van der Waals surface area contributed by atoms with Gasteiger partial charge in [-0.25, -0.2) is 0 Å². The zero-order valence-electron chi connectivity index (χ0n) is 16.2. The van der Waals surface area contributed by atoms with Crippen molar-refractivity contribution in [1.82, 2.24) is 0 Å². The molecule has 0 fully saturated rings. The largest absolute Gasteiger partial charge is 0.496 e. The predicted octanol–water partition coefficient (Wildman–Crippen LogP) is 5.68. The van der Waals surface area contributed by atoms with Crippen LogP contribution in [-0.2, 0) is 24.1 Å². The Morgan fingerprint density at radius 3 is 2.27 bits per heavy atom. The van der Waals surface area contributed by atoms with Gasteiger partial charge in [-0.1, -0.05) is 30.3 Å². The van der Waals surface area contributed by atoms with E-state index in [1.54, 1.807) is 18.2 Å². The van der Waals surface area contributed by atoms with Crippen LogP contribution >= 0.6 is 0 Å². The van der Waals surface area contributed by atoms with Gasteiger partial charge in [0.05, 0.1) is 25.9 Å². The third kappa shape index (κ3) is 5.61. The number of rotatable bonds is 7. The van der Waals surface area contributed by atoms with Gasteiger partial charge in [-0.15, -0.1) is 0 Å². The Morgan fingerprint density at radius 1 is 0.933 bits per heavy atom. The lowest BCUT2D eigenvalue weighted by atomic mass is 10.1. The fourth-order valence-corrected chi connectivity index (χ4v) is 2.83. The monoisotopic (exact) mass is 415 g/mol. The molecule has 0 atom stereocenters. The van der Waals surface area contributed by atoms with E-state index in [2.05, 4.69) is 5.32 Å². The molecule has 0 radical (unpaired) electrons. The molecule has 156 valence electrons. The molecular formula is C23H20F3NO3. The molecule has 1 amide bonds. The van der Waals surface area contributed by atoms with E-state index in [1.165, 1.54) is 19.2 Å². The SMILES string of the molecule is COc1ccc(C(=O)Nc2ccc(C(F)(F)F)cc2)cc1COCc1ccccc1. The molecule has 0 saturated carbocycles. The number of carbonyl (C=O) groups excluding carboxylic acids is 1. The highest BCUT2D eigenvalue weighted by atomic mass is 19.4. The molecule has 4 nitrogen and oxygen atoms in total. The minimum absolute atomic E-state index is 0.236. The maximum absolute atomic E-state index is 12.7. The maximum atomic E-state index is 12.7. The van der Waals surface area contributed by atoms with Gasteiger partial charge in [0.1, 0.15) is 5.75 Å². The average molecular weight is 415 g/mol. The minimum atomic E-state index is -4.42. The molecule has 0 unspecified atom stereocenters. The van der Waals surface area contributed by atoms with Crippen molar-refractivity contribution in [3.8, 4) is 5.75 Å². The summed E-state index contributed by atoms with van der Waals surface area (Å²) in [4.78, 5) is 12.5. The highest BCUT2D eigenvalue weighted by Gasteiger charge is 2.30. The molecule has 0 aliphatic rings. The van der Waals surface area contributed by atoms with E-state index in [-0.39, 0.29) is 12.3 Å². The van der Waals surface area contributed by atoms with Gasteiger partial charge in [-0.2, -0.15) is 13.2 Å². The predicted molar refractivity (Wildman–Crippen MR) is 107 cm³/mol. The first-order valence-corrected chi connectivity index (χ1v) is 9.14. The van der Waals surface area contributed by atoms with Crippen LogP contribution in [0.1, 0.15) is 27.0 Å². The summed E-state index contributed by atoms with van der Waals surface area (Å²) in [5, 5.41) is 2.60. The van der Waals surface area contributed by atoms with Gasteiger partial charge in [0, 0.05) is 16.8 Å². The number of benzene rings is 3. The number of amides is 1. The molecule has 0 spiro atoms. The van der Waals surface area contributed by atoms with Crippen molar-refractivity contribution in [2.45, 2.75) is 19.4 Å². The molecule has 3 rings (SSSR count). The maximum Gasteiger partial charge on any atom is 0.416 e. The van der Waals surface area contributed by atoms with Gasteiger partial charge in [0.25, 0.3) is 5.91 Å². The lowest BCUT2D eigenvalue weighted by Gasteiger charge is -2.12. The number of carbonyl (C=O) groups is 1. The van der Waals surface area contributed by atoms with Crippen molar-refractivity contribution in [2.75, 3.05) is 12.4 Å². The fourth-order valence-electron chi connectivity index (χ4n) is 2.83. The van der Waals surface area contributed by atoms with E-state index in [9.17, 15) is 18.0 Å². The number of hydrogen-bond donors (Lipinski definition) is 1. The standard InChI is InChI=1S/C23H20F3NO3/c1-29-21-12-7-17(13-18(21)15-30-14-16-5-3-2-4-6-16)22(28)27-20-10-8-19(9-11-20)23(24,25)26/h2-13H,14-15H2,1H3,(H,27,28). The molecule has 0 saturated heterocycles. The summed E-state index contributed by atoms with van der Waals surface area (Å²) in [7, 11) is 1.53. The molecule has 3 aromatic carbocycles. The van der Waals surface area contributed by atoms with Crippen LogP contribution in [0.4, 0.5) is 18.9 Å². The van der Waals surface area contributed by atoms with Crippen molar-refractivity contribution in [3.05, 3.63) is 95.1 Å².